The fourth-order valence-electron chi connectivity index (χ4n) is 1.66. The van der Waals surface area contributed by atoms with E-state index in [0.29, 0.717) is 25.0 Å². The average molecular weight is 302 g/mol. The van der Waals surface area contributed by atoms with Crippen molar-refractivity contribution in [2.75, 3.05) is 0 Å². The fraction of sp³-hybridized carbons (Fsp3) is 0.500. The molecule has 0 aliphatic heterocycles. The van der Waals surface area contributed by atoms with Crippen LogP contribution in [0.5, 0.6) is 0 Å². The van der Waals surface area contributed by atoms with E-state index in [2.05, 4.69) is 0 Å². The maximum absolute atomic E-state index is 13.5. The zero-order chi connectivity index (χ0) is 13.9. The summed E-state index contributed by atoms with van der Waals surface area (Å²) < 4.78 is 50.9. The third kappa shape index (κ3) is 4.63. The first-order valence-corrected chi connectivity index (χ1v) is 5.57. The third-order valence-electron chi connectivity index (χ3n) is 2.68. The molecule has 0 aliphatic rings. The second kappa shape index (κ2) is 7.07. The highest BCUT2D eigenvalue weighted by Crippen LogP contribution is 2.32. The van der Waals surface area contributed by atoms with Crippen LogP contribution in [0.2, 0.25) is 0 Å². The first-order chi connectivity index (χ1) is 8.27. The molecule has 0 aliphatic carbocycles. The van der Waals surface area contributed by atoms with E-state index in [1.165, 1.54) is 0 Å². The van der Waals surface area contributed by atoms with Crippen LogP contribution in [-0.4, -0.2) is 11.2 Å². The highest BCUT2D eigenvalue weighted by Gasteiger charge is 2.32. The Kier molecular flexibility index (Phi) is 6.76. The molecule has 0 amide bonds. The van der Waals surface area contributed by atoms with Gasteiger partial charge in [-0.05, 0) is 24.6 Å². The molecule has 0 saturated heterocycles. The van der Waals surface area contributed by atoms with E-state index in [1.807, 2.05) is 0 Å². The summed E-state index contributed by atoms with van der Waals surface area (Å²) in [5.41, 5.74) is 4.29. The van der Waals surface area contributed by atoms with E-state index < -0.39 is 29.7 Å². The van der Waals surface area contributed by atoms with E-state index in [1.54, 1.807) is 6.92 Å². The van der Waals surface area contributed by atoms with Crippen LogP contribution in [-0.2, 0) is 6.18 Å². The molecule has 2 atom stereocenters. The number of halogens is 5. The van der Waals surface area contributed by atoms with Crippen LogP contribution in [0.3, 0.4) is 0 Å². The zero-order valence-electron chi connectivity index (χ0n) is 10.2. The molecule has 7 heteroatoms. The summed E-state index contributed by atoms with van der Waals surface area (Å²) in [6.07, 6.45) is -4.71. The van der Waals surface area contributed by atoms with Gasteiger partial charge in [0.15, 0.2) is 0 Å². The maximum atomic E-state index is 13.5. The van der Waals surface area contributed by atoms with Crippen molar-refractivity contribution in [2.24, 2.45) is 5.73 Å². The number of nitrogens with two attached hydrogens (primary N) is 1. The summed E-state index contributed by atoms with van der Waals surface area (Å²) >= 11 is 0. The Bertz CT molecular complexity index is 411. The standard InChI is InChI=1S/C12H15F4NO.ClH/c1-2-3-10(18)11(17)8-6-7(12(14,15)16)4-5-9(8)13;/h4-6,10-11,18H,2-3,17H2,1H3;1H/t10-,11+;/m0./s1. The lowest BCUT2D eigenvalue weighted by Crippen LogP contribution is -2.27. The lowest BCUT2D eigenvalue weighted by molar-refractivity contribution is -0.137. The number of hydrogen-bond acceptors (Lipinski definition) is 2. The predicted octanol–water partition coefficient (Wildman–Crippen LogP) is 3.43. The molecule has 1 rings (SSSR count). The van der Waals surface area contributed by atoms with Crippen molar-refractivity contribution < 1.29 is 22.7 Å². The highest BCUT2D eigenvalue weighted by molar-refractivity contribution is 5.85. The zero-order valence-corrected chi connectivity index (χ0v) is 11.1. The van der Waals surface area contributed by atoms with Crippen molar-refractivity contribution in [3.05, 3.63) is 35.1 Å². The van der Waals surface area contributed by atoms with Crippen molar-refractivity contribution >= 4 is 12.4 Å². The second-order valence-electron chi connectivity index (χ2n) is 4.12. The average Bonchev–Trinajstić information content (AvgIpc) is 2.27. The summed E-state index contributed by atoms with van der Waals surface area (Å²) in [6, 6.07) is 0.861. The number of aliphatic hydroxyl groups excluding tert-OH is 1. The van der Waals surface area contributed by atoms with E-state index in [0.717, 1.165) is 6.07 Å². The van der Waals surface area contributed by atoms with Gasteiger partial charge in [-0.1, -0.05) is 13.3 Å². The van der Waals surface area contributed by atoms with Crippen molar-refractivity contribution in [1.82, 2.24) is 0 Å². The molecule has 0 bridgehead atoms. The topological polar surface area (TPSA) is 46.2 Å². The van der Waals surface area contributed by atoms with Gasteiger partial charge in [-0.2, -0.15) is 13.2 Å². The fourth-order valence-corrected chi connectivity index (χ4v) is 1.66. The monoisotopic (exact) mass is 301 g/mol. The van der Waals surface area contributed by atoms with Gasteiger partial charge >= 0.3 is 6.18 Å². The number of rotatable bonds is 4. The van der Waals surface area contributed by atoms with E-state index >= 15 is 0 Å². The Morgan fingerprint density at radius 1 is 1.32 bits per heavy atom. The molecule has 19 heavy (non-hydrogen) atoms. The van der Waals surface area contributed by atoms with Crippen LogP contribution >= 0.6 is 12.4 Å². The van der Waals surface area contributed by atoms with Crippen LogP contribution in [0.25, 0.3) is 0 Å². The molecule has 0 heterocycles. The SMILES string of the molecule is CCC[C@H](O)[C@H](N)c1cc(C(F)(F)F)ccc1F.Cl. The smallest absolute Gasteiger partial charge is 0.391 e. The largest absolute Gasteiger partial charge is 0.416 e. The lowest BCUT2D eigenvalue weighted by atomic mass is 9.97. The molecular formula is C12H16ClF4NO. The van der Waals surface area contributed by atoms with Crippen LogP contribution in [0.1, 0.15) is 36.9 Å². The normalized spacial score (nSPS) is 14.7. The van der Waals surface area contributed by atoms with Crippen LogP contribution in [0.4, 0.5) is 17.6 Å². The molecular weight excluding hydrogens is 286 g/mol. The molecule has 3 N–H and O–H groups in total. The first-order valence-electron chi connectivity index (χ1n) is 5.57. The maximum Gasteiger partial charge on any atom is 0.416 e. The molecule has 2 nitrogen and oxygen atoms in total. The molecule has 0 fully saturated rings. The minimum atomic E-state index is -4.56. The highest BCUT2D eigenvalue weighted by atomic mass is 35.5. The van der Waals surface area contributed by atoms with Gasteiger partial charge in [-0.3, -0.25) is 0 Å². The Balaban J connectivity index is 0.00000324. The van der Waals surface area contributed by atoms with Crippen LogP contribution < -0.4 is 5.73 Å². The van der Waals surface area contributed by atoms with Crippen molar-refractivity contribution in [2.45, 2.75) is 38.1 Å². The Morgan fingerprint density at radius 3 is 2.37 bits per heavy atom. The Labute approximate surface area is 115 Å². The number of aliphatic hydroxyl groups is 1. The summed E-state index contributed by atoms with van der Waals surface area (Å²) in [5.74, 6) is -0.842. The summed E-state index contributed by atoms with van der Waals surface area (Å²) in [7, 11) is 0. The lowest BCUT2D eigenvalue weighted by Gasteiger charge is -2.20. The summed E-state index contributed by atoms with van der Waals surface area (Å²) in [6.45, 7) is 1.79. The molecule has 0 spiro atoms. The van der Waals surface area contributed by atoms with Gasteiger partial charge in [-0.25, -0.2) is 4.39 Å². The minimum absolute atomic E-state index is 0. The van der Waals surface area contributed by atoms with E-state index in [4.69, 9.17) is 5.73 Å². The summed E-state index contributed by atoms with van der Waals surface area (Å²) in [5, 5.41) is 9.62. The molecule has 0 saturated carbocycles. The van der Waals surface area contributed by atoms with Gasteiger partial charge in [0.1, 0.15) is 5.82 Å². The van der Waals surface area contributed by atoms with E-state index in [-0.39, 0.29) is 18.0 Å². The molecule has 0 unspecified atom stereocenters. The first kappa shape index (κ1) is 18.1. The van der Waals surface area contributed by atoms with Crippen molar-refractivity contribution in [3.8, 4) is 0 Å². The van der Waals surface area contributed by atoms with Crippen LogP contribution in [0.15, 0.2) is 18.2 Å². The number of alkyl halides is 3. The Hall–Kier alpha value is -0.850. The summed E-state index contributed by atoms with van der Waals surface area (Å²) in [4.78, 5) is 0. The Morgan fingerprint density at radius 2 is 1.89 bits per heavy atom. The van der Waals surface area contributed by atoms with E-state index in [9.17, 15) is 22.7 Å². The van der Waals surface area contributed by atoms with Gasteiger partial charge in [0.2, 0.25) is 0 Å². The second-order valence-corrected chi connectivity index (χ2v) is 4.12. The molecule has 110 valence electrons. The van der Waals surface area contributed by atoms with Crippen molar-refractivity contribution in [3.63, 3.8) is 0 Å². The number of hydrogen-bond donors (Lipinski definition) is 2. The van der Waals surface area contributed by atoms with Gasteiger partial charge in [0.25, 0.3) is 0 Å². The minimum Gasteiger partial charge on any atom is -0.391 e. The van der Waals surface area contributed by atoms with Gasteiger partial charge in [-0.15, -0.1) is 12.4 Å². The molecule has 1 aromatic carbocycles. The van der Waals surface area contributed by atoms with Crippen LogP contribution in [0, 0.1) is 5.82 Å². The number of benzene rings is 1. The van der Waals surface area contributed by atoms with Crippen molar-refractivity contribution in [1.29, 1.82) is 0 Å². The molecule has 1 aromatic rings. The van der Waals surface area contributed by atoms with Gasteiger partial charge in [0, 0.05) is 5.56 Å². The van der Waals surface area contributed by atoms with Gasteiger partial charge in [0.05, 0.1) is 17.7 Å². The predicted molar refractivity (Wildman–Crippen MR) is 66.5 cm³/mol. The molecule has 0 aromatic heterocycles. The molecule has 0 radical (unpaired) electrons. The van der Waals surface area contributed by atoms with Gasteiger partial charge < -0.3 is 10.8 Å². The quantitative estimate of drug-likeness (QED) is 0.837. The third-order valence-corrected chi connectivity index (χ3v) is 2.68.